The zero-order chi connectivity index (χ0) is 18.6. The highest BCUT2D eigenvalue weighted by Crippen LogP contribution is 2.28. The highest BCUT2D eigenvalue weighted by molar-refractivity contribution is 5.52. The van der Waals surface area contributed by atoms with E-state index in [0.29, 0.717) is 12.4 Å². The first-order valence-corrected chi connectivity index (χ1v) is 9.16. The van der Waals surface area contributed by atoms with Gasteiger partial charge in [0.2, 0.25) is 0 Å². The minimum absolute atomic E-state index is 0.146. The largest absolute Gasteiger partial charge is 0.306 e. The van der Waals surface area contributed by atoms with Crippen molar-refractivity contribution in [2.24, 2.45) is 0 Å². The van der Waals surface area contributed by atoms with Gasteiger partial charge in [0.15, 0.2) is 0 Å². The van der Waals surface area contributed by atoms with Crippen molar-refractivity contribution in [2.45, 2.75) is 25.3 Å². The van der Waals surface area contributed by atoms with Crippen molar-refractivity contribution in [3.05, 3.63) is 82.3 Å². The minimum atomic E-state index is -0.156. The fourth-order valence-electron chi connectivity index (χ4n) is 3.58. The third-order valence-electron chi connectivity index (χ3n) is 5.05. The Hall–Kier alpha value is -2.86. The number of nitrogens with zero attached hydrogens (tertiary/aromatic N) is 3. The summed E-state index contributed by atoms with van der Waals surface area (Å²) in [5.74, 6) is 0.635. The minimum Gasteiger partial charge on any atom is -0.306 e. The summed E-state index contributed by atoms with van der Waals surface area (Å²) in [4.78, 5) is 25.9. The van der Waals surface area contributed by atoms with E-state index < -0.39 is 0 Å². The number of benzene rings is 1. The molecule has 1 aromatic carbocycles. The Kier molecular flexibility index (Phi) is 5.07. The average Bonchev–Trinajstić information content (AvgIpc) is 2.70. The molecular weight excluding hydrogens is 343 g/mol. The van der Waals surface area contributed by atoms with E-state index in [-0.39, 0.29) is 17.3 Å². The van der Waals surface area contributed by atoms with Crippen molar-refractivity contribution >= 4 is 0 Å². The Balaban J connectivity index is 1.46. The summed E-state index contributed by atoms with van der Waals surface area (Å²) in [6, 6.07) is 12.2. The molecule has 3 aromatic rings. The molecule has 0 saturated carbocycles. The first-order chi connectivity index (χ1) is 13.2. The zero-order valence-corrected chi connectivity index (χ0v) is 14.9. The zero-order valence-electron chi connectivity index (χ0n) is 14.9. The number of hydrogen-bond acceptors (Lipinski definition) is 4. The van der Waals surface area contributed by atoms with Gasteiger partial charge in [0.05, 0.1) is 5.69 Å². The van der Waals surface area contributed by atoms with Gasteiger partial charge in [0.25, 0.3) is 5.56 Å². The Morgan fingerprint density at radius 3 is 2.70 bits per heavy atom. The number of H-pyrrole nitrogens is 1. The van der Waals surface area contributed by atoms with Gasteiger partial charge >= 0.3 is 0 Å². The predicted molar refractivity (Wildman–Crippen MR) is 102 cm³/mol. The van der Waals surface area contributed by atoms with Crippen molar-refractivity contribution in [1.82, 2.24) is 19.9 Å². The SMILES string of the molecule is O=c1cc(C2CCN(Cc3ccccc3F)CC2)nc(-c2cccnc2)[nH]1. The maximum Gasteiger partial charge on any atom is 0.251 e. The van der Waals surface area contributed by atoms with Gasteiger partial charge in [-0.2, -0.15) is 0 Å². The molecule has 138 valence electrons. The monoisotopic (exact) mass is 364 g/mol. The van der Waals surface area contributed by atoms with Gasteiger partial charge in [-0.3, -0.25) is 14.7 Å². The van der Waals surface area contributed by atoms with E-state index in [2.05, 4.69) is 19.9 Å². The molecule has 0 aliphatic carbocycles. The van der Waals surface area contributed by atoms with Crippen LogP contribution in [0.4, 0.5) is 4.39 Å². The molecule has 0 unspecified atom stereocenters. The smallest absolute Gasteiger partial charge is 0.251 e. The fraction of sp³-hybridized carbons (Fsp3) is 0.286. The van der Waals surface area contributed by atoms with Crippen LogP contribution in [0.5, 0.6) is 0 Å². The number of aromatic amines is 1. The van der Waals surface area contributed by atoms with Crippen LogP contribution in [-0.4, -0.2) is 32.9 Å². The summed E-state index contributed by atoms with van der Waals surface area (Å²) in [6.45, 7) is 2.33. The lowest BCUT2D eigenvalue weighted by Gasteiger charge is -2.31. The third kappa shape index (κ3) is 4.11. The maximum atomic E-state index is 13.9. The second-order valence-corrected chi connectivity index (χ2v) is 6.90. The molecule has 1 aliphatic rings. The molecule has 0 radical (unpaired) electrons. The summed E-state index contributed by atoms with van der Waals surface area (Å²) >= 11 is 0. The Morgan fingerprint density at radius 1 is 1.15 bits per heavy atom. The first-order valence-electron chi connectivity index (χ1n) is 9.16. The lowest BCUT2D eigenvalue weighted by atomic mass is 9.93. The van der Waals surface area contributed by atoms with Crippen molar-refractivity contribution in [3.8, 4) is 11.4 Å². The molecule has 0 atom stereocenters. The van der Waals surface area contributed by atoms with Gasteiger partial charge in [0.1, 0.15) is 11.6 Å². The number of likely N-dealkylation sites (tertiary alicyclic amines) is 1. The van der Waals surface area contributed by atoms with Crippen LogP contribution in [0.2, 0.25) is 0 Å². The van der Waals surface area contributed by atoms with Crippen LogP contribution in [-0.2, 0) is 6.54 Å². The number of piperidine rings is 1. The average molecular weight is 364 g/mol. The summed E-state index contributed by atoms with van der Waals surface area (Å²) in [5, 5.41) is 0. The van der Waals surface area contributed by atoms with Gasteiger partial charge in [-0.1, -0.05) is 18.2 Å². The lowest BCUT2D eigenvalue weighted by Crippen LogP contribution is -2.33. The van der Waals surface area contributed by atoms with Crippen LogP contribution in [0.15, 0.2) is 59.7 Å². The van der Waals surface area contributed by atoms with Crippen LogP contribution in [0.3, 0.4) is 0 Å². The Labute approximate surface area is 156 Å². The molecule has 0 amide bonds. The Bertz CT molecular complexity index is 965. The fourth-order valence-corrected chi connectivity index (χ4v) is 3.58. The van der Waals surface area contributed by atoms with Gasteiger partial charge in [-0.25, -0.2) is 9.37 Å². The van der Waals surface area contributed by atoms with E-state index >= 15 is 0 Å². The van der Waals surface area contributed by atoms with Crippen molar-refractivity contribution in [1.29, 1.82) is 0 Å². The van der Waals surface area contributed by atoms with E-state index in [1.54, 1.807) is 24.5 Å². The van der Waals surface area contributed by atoms with Gasteiger partial charge in [0, 0.05) is 42.0 Å². The number of halogens is 1. The highest BCUT2D eigenvalue weighted by atomic mass is 19.1. The molecule has 1 aliphatic heterocycles. The molecule has 5 nitrogen and oxygen atoms in total. The molecule has 1 fully saturated rings. The predicted octanol–water partition coefficient (Wildman–Crippen LogP) is 3.35. The molecule has 0 bridgehead atoms. The number of hydrogen-bond donors (Lipinski definition) is 1. The first kappa shape index (κ1) is 17.5. The number of pyridine rings is 1. The lowest BCUT2D eigenvalue weighted by molar-refractivity contribution is 0.201. The van der Waals surface area contributed by atoms with Crippen molar-refractivity contribution in [2.75, 3.05) is 13.1 Å². The molecule has 3 heterocycles. The molecule has 6 heteroatoms. The van der Waals surface area contributed by atoms with Crippen LogP contribution < -0.4 is 5.56 Å². The molecule has 4 rings (SSSR count). The molecule has 0 spiro atoms. The van der Waals surface area contributed by atoms with Crippen molar-refractivity contribution < 1.29 is 4.39 Å². The van der Waals surface area contributed by atoms with E-state index in [9.17, 15) is 9.18 Å². The highest BCUT2D eigenvalue weighted by Gasteiger charge is 2.23. The van der Waals surface area contributed by atoms with Crippen LogP contribution >= 0.6 is 0 Å². The van der Waals surface area contributed by atoms with Gasteiger partial charge < -0.3 is 4.98 Å². The number of nitrogens with one attached hydrogen (secondary N) is 1. The molecule has 2 aromatic heterocycles. The van der Waals surface area contributed by atoms with Gasteiger partial charge in [-0.15, -0.1) is 0 Å². The second kappa shape index (κ2) is 7.80. The molecule has 1 saturated heterocycles. The van der Waals surface area contributed by atoms with E-state index in [0.717, 1.165) is 42.8 Å². The standard InChI is InChI=1S/C21H21FN4O/c22-18-6-2-1-4-17(18)14-26-10-7-15(8-11-26)19-12-20(27)25-21(24-19)16-5-3-9-23-13-16/h1-6,9,12-13,15H,7-8,10-11,14H2,(H,24,25,27). The Morgan fingerprint density at radius 2 is 1.96 bits per heavy atom. The van der Waals surface area contributed by atoms with E-state index in [4.69, 9.17) is 0 Å². The summed E-state index contributed by atoms with van der Waals surface area (Å²) in [6.07, 6.45) is 5.19. The van der Waals surface area contributed by atoms with E-state index in [1.807, 2.05) is 24.3 Å². The van der Waals surface area contributed by atoms with E-state index in [1.165, 1.54) is 6.07 Å². The van der Waals surface area contributed by atoms with Crippen LogP contribution in [0, 0.1) is 5.82 Å². The van der Waals surface area contributed by atoms with Crippen LogP contribution in [0.1, 0.15) is 30.0 Å². The maximum absolute atomic E-state index is 13.9. The summed E-state index contributed by atoms with van der Waals surface area (Å²) in [7, 11) is 0. The number of aromatic nitrogens is 3. The quantitative estimate of drug-likeness (QED) is 0.771. The third-order valence-corrected chi connectivity index (χ3v) is 5.05. The topological polar surface area (TPSA) is 61.9 Å². The van der Waals surface area contributed by atoms with Crippen LogP contribution in [0.25, 0.3) is 11.4 Å². The number of rotatable bonds is 4. The van der Waals surface area contributed by atoms with Gasteiger partial charge in [-0.05, 0) is 44.1 Å². The summed E-state index contributed by atoms with van der Waals surface area (Å²) in [5.41, 5.74) is 2.20. The molecule has 27 heavy (non-hydrogen) atoms. The molecule has 1 N–H and O–H groups in total. The second-order valence-electron chi connectivity index (χ2n) is 6.90. The summed E-state index contributed by atoms with van der Waals surface area (Å²) < 4.78 is 13.9. The normalized spacial score (nSPS) is 15.7. The van der Waals surface area contributed by atoms with Crippen molar-refractivity contribution in [3.63, 3.8) is 0 Å². The molecular formula is C21H21FN4O.